The van der Waals surface area contributed by atoms with Gasteiger partial charge >= 0.3 is 12.2 Å². The van der Waals surface area contributed by atoms with Gasteiger partial charge in [-0.3, -0.25) is 9.59 Å². The Morgan fingerprint density at radius 1 is 0.655 bits per heavy atom. The lowest BCUT2D eigenvalue weighted by Gasteiger charge is -2.30. The van der Waals surface area contributed by atoms with Crippen molar-refractivity contribution in [3.63, 3.8) is 0 Å². The number of H-pyrrole nitrogens is 2. The van der Waals surface area contributed by atoms with Crippen molar-refractivity contribution in [3.8, 4) is 34.0 Å². The van der Waals surface area contributed by atoms with Crippen molar-refractivity contribution >= 4 is 24.0 Å². The lowest BCUT2D eigenvalue weighted by atomic mass is 10.0. The summed E-state index contributed by atoms with van der Waals surface area (Å²) in [6, 6.07) is 13.5. The molecule has 2 aromatic heterocycles. The summed E-state index contributed by atoms with van der Waals surface area (Å²) in [5.41, 5.74) is 3.48. The van der Waals surface area contributed by atoms with E-state index in [1.807, 2.05) is 76.2 Å². The number of likely N-dealkylation sites (tertiary alicyclic amines) is 2. The third kappa shape index (κ3) is 8.76. The van der Waals surface area contributed by atoms with Crippen LogP contribution in [0.1, 0.15) is 77.1 Å². The predicted molar refractivity (Wildman–Crippen MR) is 204 cm³/mol. The Bertz CT molecular complexity index is 1820. The van der Waals surface area contributed by atoms with Gasteiger partial charge in [0, 0.05) is 13.1 Å². The topological polar surface area (TPSA) is 184 Å². The van der Waals surface area contributed by atoms with Crippen molar-refractivity contribution in [3.05, 3.63) is 72.6 Å². The Morgan fingerprint density at radius 3 is 1.38 bits per heavy atom. The lowest BCUT2D eigenvalue weighted by Crippen LogP contribution is -2.51. The van der Waals surface area contributed by atoms with Crippen LogP contribution in [0.4, 0.5) is 9.59 Å². The molecule has 0 spiro atoms. The summed E-state index contributed by atoms with van der Waals surface area (Å²) in [6.07, 6.45) is 5.49. The molecule has 2 fully saturated rings. The monoisotopic (exact) mass is 754 g/mol. The summed E-state index contributed by atoms with van der Waals surface area (Å²) < 4.78 is 15.6. The number of methoxy groups -OCH3 is 2. The summed E-state index contributed by atoms with van der Waals surface area (Å²) in [6.45, 7) is 8.74. The molecule has 15 heteroatoms. The van der Waals surface area contributed by atoms with Crippen molar-refractivity contribution < 1.29 is 33.4 Å². The van der Waals surface area contributed by atoms with E-state index in [0.717, 1.165) is 48.2 Å². The fourth-order valence-corrected chi connectivity index (χ4v) is 7.23. The van der Waals surface area contributed by atoms with Crippen molar-refractivity contribution in [2.24, 2.45) is 11.8 Å². The van der Waals surface area contributed by atoms with Crippen molar-refractivity contribution in [1.29, 1.82) is 0 Å². The predicted octanol–water partition coefficient (Wildman–Crippen LogP) is 6.35. The molecule has 0 radical (unpaired) electrons. The Hall–Kier alpha value is -5.86. The third-order valence-corrected chi connectivity index (χ3v) is 10.2. The maximum absolute atomic E-state index is 13.5. The summed E-state index contributed by atoms with van der Waals surface area (Å²) in [5.74, 6) is 2.21. The average molecular weight is 755 g/mol. The highest BCUT2D eigenvalue weighted by Gasteiger charge is 2.39. The maximum atomic E-state index is 13.5. The van der Waals surface area contributed by atoms with Gasteiger partial charge in [-0.05, 0) is 97.2 Å². The highest BCUT2D eigenvalue weighted by Crippen LogP contribution is 2.35. The fourth-order valence-electron chi connectivity index (χ4n) is 7.23. The SMILES string of the molecule is COC(=O)N[C@H](C(=O)N1CCC[C@H]1c1ncc(-c2ccc(Oc3ccc(-c4cnc([C@@H]5CCCN5C(=O)[C@@H](NC(=O)OC)C(C)C)[nH]4)cc3)cc2)[nH]1)C(C)C. The Morgan fingerprint density at radius 2 is 1.04 bits per heavy atom. The largest absolute Gasteiger partial charge is 0.457 e. The molecule has 292 valence electrons. The van der Waals surface area contributed by atoms with E-state index in [2.05, 4.69) is 30.6 Å². The first-order valence-electron chi connectivity index (χ1n) is 18.8. The van der Waals surface area contributed by atoms with Crippen molar-refractivity contribution in [2.75, 3.05) is 27.3 Å². The van der Waals surface area contributed by atoms with Gasteiger partial charge in [0.1, 0.15) is 35.2 Å². The van der Waals surface area contributed by atoms with E-state index in [0.29, 0.717) is 36.2 Å². The molecule has 2 aromatic carbocycles. The number of hydrogen-bond donors (Lipinski definition) is 4. The highest BCUT2D eigenvalue weighted by molar-refractivity contribution is 5.87. The smallest absolute Gasteiger partial charge is 0.407 e. The first-order chi connectivity index (χ1) is 26.5. The number of benzene rings is 2. The van der Waals surface area contributed by atoms with Gasteiger partial charge in [-0.15, -0.1) is 0 Å². The van der Waals surface area contributed by atoms with Crippen LogP contribution in [-0.2, 0) is 19.1 Å². The van der Waals surface area contributed by atoms with Crippen LogP contribution in [0.3, 0.4) is 0 Å². The van der Waals surface area contributed by atoms with Crippen LogP contribution in [0.5, 0.6) is 11.5 Å². The van der Waals surface area contributed by atoms with Gasteiger partial charge in [0.25, 0.3) is 0 Å². The number of rotatable bonds is 12. The number of hydrogen-bond acceptors (Lipinski definition) is 9. The number of aromatic nitrogens is 4. The molecule has 2 saturated heterocycles. The molecule has 2 aliphatic rings. The molecule has 55 heavy (non-hydrogen) atoms. The number of nitrogens with zero attached hydrogens (tertiary/aromatic N) is 4. The first-order valence-corrected chi connectivity index (χ1v) is 18.8. The molecule has 15 nitrogen and oxygen atoms in total. The van der Waals surface area contributed by atoms with Gasteiger partial charge in [0.05, 0.1) is 50.1 Å². The van der Waals surface area contributed by atoms with Crippen LogP contribution < -0.4 is 15.4 Å². The van der Waals surface area contributed by atoms with E-state index in [1.54, 1.807) is 22.2 Å². The number of ether oxygens (including phenoxy) is 3. The second-order valence-corrected chi connectivity index (χ2v) is 14.6. The number of alkyl carbamates (subject to hydrolysis) is 2. The first kappa shape index (κ1) is 38.9. The van der Waals surface area contributed by atoms with Crippen LogP contribution >= 0.6 is 0 Å². The molecular formula is C40H50N8O7. The van der Waals surface area contributed by atoms with Gasteiger partial charge in [-0.1, -0.05) is 27.7 Å². The normalized spacial score (nSPS) is 18.0. The molecule has 4 heterocycles. The molecule has 4 aromatic rings. The second-order valence-electron chi connectivity index (χ2n) is 14.6. The Balaban J connectivity index is 1.07. The summed E-state index contributed by atoms with van der Waals surface area (Å²) >= 11 is 0. The van der Waals surface area contributed by atoms with Crippen molar-refractivity contribution in [2.45, 2.75) is 77.5 Å². The lowest BCUT2D eigenvalue weighted by molar-refractivity contribution is -0.136. The standard InChI is InChI=1S/C40H50N8O7/c1-23(2)33(45-39(51)53-5)37(49)47-19-7-9-31(47)35-41-21-29(43-35)25-11-15-27(16-12-25)55-28-17-13-26(14-18-28)30-22-42-36(44-30)32-10-8-20-48(32)38(50)34(24(3)4)46-40(52)54-6/h11-18,21-24,31-34H,7-10,19-20H2,1-6H3,(H,41,43)(H,42,44)(H,45,51)(H,46,52)/t31-,32-,33-,34-/m0/s1. The highest BCUT2D eigenvalue weighted by atomic mass is 16.5. The summed E-state index contributed by atoms with van der Waals surface area (Å²) in [4.78, 5) is 70.5. The van der Waals surface area contributed by atoms with Crippen LogP contribution in [0.2, 0.25) is 0 Å². The molecule has 6 rings (SSSR count). The van der Waals surface area contributed by atoms with Crippen LogP contribution in [0.15, 0.2) is 60.9 Å². The quantitative estimate of drug-likeness (QED) is 0.128. The zero-order valence-electron chi connectivity index (χ0n) is 32.1. The Kier molecular flexibility index (Phi) is 12.1. The molecule has 0 unspecified atom stereocenters. The van der Waals surface area contributed by atoms with E-state index in [4.69, 9.17) is 14.2 Å². The minimum Gasteiger partial charge on any atom is -0.457 e. The van der Waals surface area contributed by atoms with E-state index < -0.39 is 24.3 Å². The van der Waals surface area contributed by atoms with Gasteiger partial charge in [-0.2, -0.15) is 0 Å². The molecule has 0 bridgehead atoms. The molecule has 4 N–H and O–H groups in total. The van der Waals surface area contributed by atoms with E-state index >= 15 is 0 Å². The number of aromatic amines is 2. The van der Waals surface area contributed by atoms with Crippen molar-refractivity contribution in [1.82, 2.24) is 40.4 Å². The van der Waals surface area contributed by atoms with Gasteiger partial charge in [0.2, 0.25) is 11.8 Å². The maximum Gasteiger partial charge on any atom is 0.407 e. The van der Waals surface area contributed by atoms with E-state index in [9.17, 15) is 19.2 Å². The van der Waals surface area contributed by atoms with E-state index in [-0.39, 0.29) is 35.7 Å². The second kappa shape index (κ2) is 17.1. The van der Waals surface area contributed by atoms with E-state index in [1.165, 1.54) is 14.2 Å². The van der Waals surface area contributed by atoms with Gasteiger partial charge in [0.15, 0.2) is 0 Å². The summed E-state index contributed by atoms with van der Waals surface area (Å²) in [7, 11) is 2.57. The number of carbonyl (C=O) groups is 4. The fraction of sp³-hybridized carbons (Fsp3) is 0.450. The molecule has 0 aliphatic carbocycles. The molecule has 0 saturated carbocycles. The van der Waals surface area contributed by atoms with Crippen LogP contribution in [-0.4, -0.2) is 93.1 Å². The van der Waals surface area contributed by atoms with Crippen LogP contribution in [0.25, 0.3) is 22.5 Å². The van der Waals surface area contributed by atoms with Gasteiger partial charge in [-0.25, -0.2) is 19.6 Å². The molecule has 4 atom stereocenters. The zero-order chi connectivity index (χ0) is 39.2. The Labute approximate surface area is 320 Å². The minimum atomic E-state index is -0.695. The minimum absolute atomic E-state index is 0.111. The number of carbonyl (C=O) groups excluding carboxylic acids is 4. The number of imidazole rings is 2. The number of amides is 4. The molecular weight excluding hydrogens is 704 g/mol. The average Bonchev–Trinajstić information content (AvgIpc) is 4.02. The third-order valence-electron chi connectivity index (χ3n) is 10.2. The van der Waals surface area contributed by atoms with Crippen LogP contribution in [0, 0.1) is 11.8 Å². The number of nitrogens with one attached hydrogen (secondary N) is 4. The van der Waals surface area contributed by atoms with Gasteiger partial charge < -0.3 is 44.6 Å². The molecule has 2 aliphatic heterocycles. The molecule has 4 amide bonds. The zero-order valence-corrected chi connectivity index (χ0v) is 32.1. The summed E-state index contributed by atoms with van der Waals surface area (Å²) in [5, 5.41) is 5.37.